The maximum Gasteiger partial charge on any atom is 0.253 e. The highest BCUT2D eigenvalue weighted by molar-refractivity contribution is 6.30. The van der Waals surface area contributed by atoms with Crippen molar-refractivity contribution in [2.75, 3.05) is 41.7 Å². The minimum Gasteiger partial charge on any atom is -0.358 e. The molecular formula is C33H26ClFN8O. The molecule has 11 heteroatoms. The van der Waals surface area contributed by atoms with Crippen molar-refractivity contribution in [1.82, 2.24) is 24.8 Å². The lowest BCUT2D eigenvalue weighted by molar-refractivity contribution is 0.0746. The Morgan fingerprint density at radius 1 is 0.909 bits per heavy atom. The largest absolute Gasteiger partial charge is 0.358 e. The van der Waals surface area contributed by atoms with Crippen LogP contribution in [0.2, 0.25) is 5.02 Å². The highest BCUT2D eigenvalue weighted by Gasteiger charge is 2.23. The molecule has 0 bridgehead atoms. The standard InChI is InChI=1S/C33H26ClFN8O/c34-23-16-22-17-29-30(38-19-27(22)26(18-23)25-4-1-2-5-28(25)35)20-39-32(41-29)40-24-8-6-21(7-9-24)31(44)42-12-14-43(15-13-42)33-36-10-3-11-37-33/h1-11,16-20,38H,12-15H2,(H,39,40,41). The molecule has 0 aliphatic carbocycles. The molecule has 7 rings (SSSR count). The smallest absolute Gasteiger partial charge is 0.253 e. The fourth-order valence-electron chi connectivity index (χ4n) is 5.37. The number of fused-ring (bicyclic) bond motifs is 2. The molecule has 44 heavy (non-hydrogen) atoms. The second kappa shape index (κ2) is 11.7. The molecular weight excluding hydrogens is 579 g/mol. The number of carbonyl (C=O) groups excluding carboxylic acids is 1. The number of amides is 1. The summed E-state index contributed by atoms with van der Waals surface area (Å²) in [4.78, 5) is 34.9. The van der Waals surface area contributed by atoms with Crippen molar-refractivity contribution in [1.29, 1.82) is 0 Å². The lowest BCUT2D eigenvalue weighted by Gasteiger charge is -2.34. The lowest BCUT2D eigenvalue weighted by atomic mass is 10.0. The summed E-state index contributed by atoms with van der Waals surface area (Å²) in [5, 5.41) is 8.56. The first-order chi connectivity index (χ1) is 21.5. The number of anilines is 4. The van der Waals surface area contributed by atoms with Crippen LogP contribution in [-0.4, -0.2) is 56.9 Å². The van der Waals surface area contributed by atoms with E-state index in [2.05, 4.69) is 30.5 Å². The third-order valence-corrected chi connectivity index (χ3v) is 7.83. The SMILES string of the molecule is O=C(c1ccc(Nc2ncc3c(n2)C=c2cc(Cl)cc(-c4ccccc4F)c2=CN3)cc1)N1CCN(c2ncccn2)CC1. The highest BCUT2D eigenvalue weighted by Crippen LogP contribution is 2.24. The zero-order chi connectivity index (χ0) is 30.0. The van der Waals surface area contributed by atoms with E-state index in [9.17, 15) is 9.18 Å². The number of piperazine rings is 1. The quantitative estimate of drug-likeness (QED) is 0.304. The van der Waals surface area contributed by atoms with Gasteiger partial charge in [0.2, 0.25) is 11.9 Å². The van der Waals surface area contributed by atoms with Crippen molar-refractivity contribution in [3.8, 4) is 11.1 Å². The molecule has 1 saturated heterocycles. The maximum atomic E-state index is 14.7. The number of rotatable bonds is 5. The molecule has 5 aromatic rings. The van der Waals surface area contributed by atoms with Crippen LogP contribution in [0.25, 0.3) is 23.4 Å². The van der Waals surface area contributed by atoms with Crippen molar-refractivity contribution in [3.63, 3.8) is 0 Å². The zero-order valence-electron chi connectivity index (χ0n) is 23.4. The zero-order valence-corrected chi connectivity index (χ0v) is 24.2. The van der Waals surface area contributed by atoms with E-state index in [1.807, 2.05) is 35.4 Å². The van der Waals surface area contributed by atoms with E-state index in [-0.39, 0.29) is 11.7 Å². The summed E-state index contributed by atoms with van der Waals surface area (Å²) in [6.45, 7) is 2.54. The topological polar surface area (TPSA) is 99.2 Å². The molecule has 2 aromatic heterocycles. The number of nitrogens with zero attached hydrogens (tertiary/aromatic N) is 6. The van der Waals surface area contributed by atoms with E-state index in [1.54, 1.807) is 61.1 Å². The van der Waals surface area contributed by atoms with Crippen LogP contribution in [0.3, 0.4) is 0 Å². The van der Waals surface area contributed by atoms with Crippen molar-refractivity contribution in [3.05, 3.63) is 118 Å². The summed E-state index contributed by atoms with van der Waals surface area (Å²) >= 11 is 6.46. The van der Waals surface area contributed by atoms with Gasteiger partial charge in [0.1, 0.15) is 5.82 Å². The normalized spacial score (nSPS) is 13.9. The predicted molar refractivity (Wildman–Crippen MR) is 170 cm³/mol. The van der Waals surface area contributed by atoms with Crippen molar-refractivity contribution in [2.24, 2.45) is 0 Å². The first kappa shape index (κ1) is 27.5. The third kappa shape index (κ3) is 5.55. The Hall–Kier alpha value is -5.35. The first-order valence-electron chi connectivity index (χ1n) is 14.1. The van der Waals surface area contributed by atoms with Gasteiger partial charge >= 0.3 is 0 Å². The van der Waals surface area contributed by atoms with Gasteiger partial charge in [0.05, 0.1) is 17.6 Å². The molecule has 2 aliphatic heterocycles. The second-order valence-corrected chi connectivity index (χ2v) is 10.8. The van der Waals surface area contributed by atoms with E-state index in [0.29, 0.717) is 71.2 Å². The molecule has 0 saturated carbocycles. The van der Waals surface area contributed by atoms with Crippen molar-refractivity contribution in [2.45, 2.75) is 0 Å². The molecule has 4 heterocycles. The fourth-order valence-corrected chi connectivity index (χ4v) is 5.59. The van der Waals surface area contributed by atoms with E-state index < -0.39 is 0 Å². The van der Waals surface area contributed by atoms with Gasteiger partial charge in [-0.05, 0) is 65.4 Å². The number of halogens is 2. The number of carbonyl (C=O) groups is 1. The van der Waals surface area contributed by atoms with Crippen LogP contribution in [0.1, 0.15) is 16.1 Å². The number of nitrogens with one attached hydrogen (secondary N) is 2. The van der Waals surface area contributed by atoms with Crippen molar-refractivity contribution >= 4 is 53.1 Å². The van der Waals surface area contributed by atoms with Crippen LogP contribution in [0.4, 0.5) is 27.7 Å². The van der Waals surface area contributed by atoms with Gasteiger partial charge in [-0.3, -0.25) is 4.79 Å². The molecule has 3 aromatic carbocycles. The molecule has 1 amide bonds. The Morgan fingerprint density at radius 3 is 2.45 bits per heavy atom. The summed E-state index contributed by atoms with van der Waals surface area (Å²) in [5.41, 5.74) is 3.83. The molecule has 218 valence electrons. The van der Waals surface area contributed by atoms with Gasteiger partial charge in [-0.15, -0.1) is 0 Å². The molecule has 0 atom stereocenters. The Bertz CT molecular complexity index is 1980. The molecule has 1 fully saturated rings. The Morgan fingerprint density at radius 2 is 1.68 bits per heavy atom. The summed E-state index contributed by atoms with van der Waals surface area (Å²) < 4.78 is 14.7. The number of benzene rings is 3. The highest BCUT2D eigenvalue weighted by atomic mass is 35.5. The third-order valence-electron chi connectivity index (χ3n) is 7.61. The average molecular weight is 605 g/mol. The predicted octanol–water partition coefficient (Wildman–Crippen LogP) is 4.42. The summed E-state index contributed by atoms with van der Waals surface area (Å²) in [7, 11) is 0. The summed E-state index contributed by atoms with van der Waals surface area (Å²) in [5.74, 6) is 0.726. The monoisotopic (exact) mass is 604 g/mol. The fraction of sp³-hybridized carbons (Fsp3) is 0.121. The van der Waals surface area contributed by atoms with E-state index in [4.69, 9.17) is 16.6 Å². The summed E-state index contributed by atoms with van der Waals surface area (Å²) in [6.07, 6.45) is 8.85. The number of aromatic nitrogens is 4. The van der Waals surface area contributed by atoms with Crippen LogP contribution in [-0.2, 0) is 0 Å². The van der Waals surface area contributed by atoms with Crippen LogP contribution >= 0.6 is 11.6 Å². The van der Waals surface area contributed by atoms with Gasteiger partial charge < -0.3 is 20.4 Å². The van der Waals surface area contributed by atoms with Gasteiger partial charge in [0.25, 0.3) is 5.91 Å². The van der Waals surface area contributed by atoms with Gasteiger partial charge in [-0.1, -0.05) is 29.8 Å². The minimum absolute atomic E-state index is 0.0181. The summed E-state index contributed by atoms with van der Waals surface area (Å²) in [6, 6.07) is 19.3. The van der Waals surface area contributed by atoms with E-state index in [1.165, 1.54) is 6.07 Å². The van der Waals surface area contributed by atoms with Crippen molar-refractivity contribution < 1.29 is 9.18 Å². The second-order valence-electron chi connectivity index (χ2n) is 10.4. The number of hydrogen-bond donors (Lipinski definition) is 2. The Balaban J connectivity index is 1.08. The van der Waals surface area contributed by atoms with Crippen LogP contribution in [0.15, 0.2) is 85.3 Å². The van der Waals surface area contributed by atoms with Gasteiger partial charge in [-0.2, -0.15) is 0 Å². The molecule has 2 aliphatic rings. The van der Waals surface area contributed by atoms with Gasteiger partial charge in [0.15, 0.2) is 0 Å². The molecule has 2 N–H and O–H groups in total. The van der Waals surface area contributed by atoms with Gasteiger partial charge in [0, 0.05) is 71.8 Å². The van der Waals surface area contributed by atoms with Crippen LogP contribution in [0, 0.1) is 5.82 Å². The molecule has 0 radical (unpaired) electrons. The van der Waals surface area contributed by atoms with E-state index in [0.717, 1.165) is 16.1 Å². The van der Waals surface area contributed by atoms with E-state index >= 15 is 0 Å². The lowest BCUT2D eigenvalue weighted by Crippen LogP contribution is -2.49. The van der Waals surface area contributed by atoms with Gasteiger partial charge in [-0.25, -0.2) is 24.3 Å². The number of hydrogen-bond acceptors (Lipinski definition) is 8. The molecule has 0 spiro atoms. The molecule has 0 unspecified atom stereocenters. The Kier molecular flexibility index (Phi) is 7.33. The van der Waals surface area contributed by atoms with Crippen LogP contribution in [0.5, 0.6) is 0 Å². The Labute approximate surface area is 257 Å². The molecule has 9 nitrogen and oxygen atoms in total. The first-order valence-corrected chi connectivity index (χ1v) is 14.5. The van der Waals surface area contributed by atoms with Crippen LogP contribution < -0.4 is 26.0 Å². The maximum absolute atomic E-state index is 14.7. The average Bonchev–Trinajstić information content (AvgIpc) is 3.24. The minimum atomic E-state index is -0.327.